The number of rotatable bonds is 7. The van der Waals surface area contributed by atoms with Crippen molar-refractivity contribution in [1.82, 2.24) is 10.0 Å². The van der Waals surface area contributed by atoms with E-state index >= 15 is 0 Å². The molecule has 0 heterocycles. The summed E-state index contributed by atoms with van der Waals surface area (Å²) in [7, 11) is -1.56. The molecule has 4 nitrogen and oxygen atoms in total. The summed E-state index contributed by atoms with van der Waals surface area (Å²) in [5.74, 6) is 0. The number of nitrogens with one attached hydrogen (secondary N) is 2. The van der Waals surface area contributed by atoms with E-state index in [4.69, 9.17) is 0 Å². The van der Waals surface area contributed by atoms with E-state index in [-0.39, 0.29) is 10.8 Å². The number of hydrogen-bond acceptors (Lipinski definition) is 4. The minimum Gasteiger partial charge on any atom is -0.313 e. The van der Waals surface area contributed by atoms with Gasteiger partial charge in [-0.2, -0.15) is 11.8 Å². The molecule has 0 amide bonds. The van der Waals surface area contributed by atoms with Crippen molar-refractivity contribution in [2.75, 3.05) is 19.8 Å². The lowest BCUT2D eigenvalue weighted by molar-refractivity contribution is 0.570. The molecular weight excluding hydrogens is 292 g/mol. The molecule has 0 spiro atoms. The van der Waals surface area contributed by atoms with Gasteiger partial charge in [0.1, 0.15) is 0 Å². The minimum atomic E-state index is -3.44. The Morgan fingerprint density at radius 3 is 2.25 bits per heavy atom. The van der Waals surface area contributed by atoms with Crippen molar-refractivity contribution in [2.45, 2.75) is 36.5 Å². The Hall–Kier alpha value is -0.560. The SMILES string of the molecule is CNC(C)c1ccc(S(=O)(=O)NCC(C)(C)SC)cc1. The van der Waals surface area contributed by atoms with Crippen molar-refractivity contribution in [3.05, 3.63) is 29.8 Å². The zero-order valence-corrected chi connectivity index (χ0v) is 14.4. The fourth-order valence-electron chi connectivity index (χ4n) is 1.53. The molecule has 2 N–H and O–H groups in total. The lowest BCUT2D eigenvalue weighted by Gasteiger charge is -2.22. The van der Waals surface area contributed by atoms with Crippen LogP contribution in [0.1, 0.15) is 32.4 Å². The first-order valence-electron chi connectivity index (χ1n) is 6.54. The topological polar surface area (TPSA) is 58.2 Å². The second kappa shape index (κ2) is 6.93. The molecule has 1 unspecified atom stereocenters. The normalized spacial score (nSPS) is 14.2. The van der Waals surface area contributed by atoms with E-state index < -0.39 is 10.0 Å². The van der Waals surface area contributed by atoms with Gasteiger partial charge >= 0.3 is 0 Å². The van der Waals surface area contributed by atoms with Crippen LogP contribution in [0.3, 0.4) is 0 Å². The lowest BCUT2D eigenvalue weighted by atomic mass is 10.1. The summed E-state index contributed by atoms with van der Waals surface area (Å²) < 4.78 is 27.0. The van der Waals surface area contributed by atoms with Gasteiger partial charge < -0.3 is 5.32 Å². The summed E-state index contributed by atoms with van der Waals surface area (Å²) in [6.07, 6.45) is 1.97. The fourth-order valence-corrected chi connectivity index (χ4v) is 3.05. The highest BCUT2D eigenvalue weighted by molar-refractivity contribution is 8.00. The number of sulfonamides is 1. The Morgan fingerprint density at radius 1 is 1.25 bits per heavy atom. The number of hydrogen-bond donors (Lipinski definition) is 2. The summed E-state index contributed by atoms with van der Waals surface area (Å²) >= 11 is 1.64. The van der Waals surface area contributed by atoms with Crippen LogP contribution in [-0.2, 0) is 10.0 Å². The van der Waals surface area contributed by atoms with Gasteiger partial charge in [-0.05, 0) is 51.8 Å². The highest BCUT2D eigenvalue weighted by atomic mass is 32.2. The van der Waals surface area contributed by atoms with Crippen LogP contribution < -0.4 is 10.0 Å². The first kappa shape index (κ1) is 17.5. The van der Waals surface area contributed by atoms with Crippen molar-refractivity contribution in [1.29, 1.82) is 0 Å². The third-order valence-corrected chi connectivity index (χ3v) is 6.03. The average Bonchev–Trinajstić information content (AvgIpc) is 2.45. The van der Waals surface area contributed by atoms with Gasteiger partial charge in [-0.1, -0.05) is 12.1 Å². The molecule has 0 radical (unpaired) electrons. The maximum Gasteiger partial charge on any atom is 0.240 e. The predicted molar refractivity (Wildman–Crippen MR) is 86.7 cm³/mol. The summed E-state index contributed by atoms with van der Waals surface area (Å²) in [6, 6.07) is 7.19. The van der Waals surface area contributed by atoms with E-state index in [0.717, 1.165) is 5.56 Å². The van der Waals surface area contributed by atoms with Gasteiger partial charge in [-0.25, -0.2) is 13.1 Å². The Morgan fingerprint density at radius 2 is 1.80 bits per heavy atom. The first-order chi connectivity index (χ1) is 9.22. The molecule has 20 heavy (non-hydrogen) atoms. The van der Waals surface area contributed by atoms with Crippen molar-refractivity contribution in [3.8, 4) is 0 Å². The van der Waals surface area contributed by atoms with E-state index in [1.807, 2.05) is 46.2 Å². The Kier molecular flexibility index (Phi) is 6.06. The van der Waals surface area contributed by atoms with Crippen molar-refractivity contribution in [3.63, 3.8) is 0 Å². The molecule has 1 atom stereocenters. The highest BCUT2D eigenvalue weighted by Crippen LogP contribution is 2.21. The molecule has 0 aliphatic rings. The van der Waals surface area contributed by atoms with Crippen LogP contribution >= 0.6 is 11.8 Å². The molecule has 114 valence electrons. The van der Waals surface area contributed by atoms with Crippen LogP contribution in [0.5, 0.6) is 0 Å². The summed E-state index contributed by atoms with van der Waals surface area (Å²) in [5, 5.41) is 3.12. The molecule has 1 rings (SSSR count). The average molecular weight is 316 g/mol. The summed E-state index contributed by atoms with van der Waals surface area (Å²) in [5.41, 5.74) is 1.07. The molecule has 0 bridgehead atoms. The Bertz CT molecular complexity index is 525. The summed E-state index contributed by atoms with van der Waals surface area (Å²) in [6.45, 7) is 6.46. The van der Waals surface area contributed by atoms with Crippen molar-refractivity contribution in [2.24, 2.45) is 0 Å². The largest absolute Gasteiger partial charge is 0.313 e. The van der Waals surface area contributed by atoms with Gasteiger partial charge in [0.15, 0.2) is 0 Å². The van der Waals surface area contributed by atoms with Crippen LogP contribution in [-0.4, -0.2) is 33.0 Å². The molecule has 0 aromatic heterocycles. The fraction of sp³-hybridized carbons (Fsp3) is 0.571. The smallest absolute Gasteiger partial charge is 0.240 e. The third-order valence-electron chi connectivity index (χ3n) is 3.36. The van der Waals surface area contributed by atoms with Crippen LogP contribution in [0, 0.1) is 0 Å². The van der Waals surface area contributed by atoms with Gasteiger partial charge in [0.05, 0.1) is 4.90 Å². The molecule has 0 fully saturated rings. The zero-order valence-electron chi connectivity index (χ0n) is 12.7. The maximum atomic E-state index is 12.2. The molecule has 0 aliphatic heterocycles. The predicted octanol–water partition coefficient (Wildman–Crippen LogP) is 2.39. The highest BCUT2D eigenvalue weighted by Gasteiger charge is 2.21. The van der Waals surface area contributed by atoms with Gasteiger partial charge in [-0.15, -0.1) is 0 Å². The van der Waals surface area contributed by atoms with Crippen LogP contribution in [0.25, 0.3) is 0 Å². The van der Waals surface area contributed by atoms with Gasteiger partial charge in [-0.3, -0.25) is 0 Å². The molecule has 6 heteroatoms. The second-order valence-corrected chi connectivity index (χ2v) is 8.65. The zero-order chi connectivity index (χ0) is 15.4. The van der Waals surface area contributed by atoms with E-state index in [2.05, 4.69) is 10.0 Å². The van der Waals surface area contributed by atoms with Crippen LogP contribution in [0.4, 0.5) is 0 Å². The molecule has 1 aromatic carbocycles. The molecular formula is C14H24N2O2S2. The van der Waals surface area contributed by atoms with E-state index in [1.54, 1.807) is 23.9 Å². The Balaban J connectivity index is 2.83. The standard InChI is InChI=1S/C14H24N2O2S2/c1-11(15-4)12-6-8-13(9-7-12)20(17,18)16-10-14(2,3)19-5/h6-9,11,15-16H,10H2,1-5H3. The number of thioether (sulfide) groups is 1. The molecule has 0 saturated carbocycles. The van der Waals surface area contributed by atoms with E-state index in [0.29, 0.717) is 11.4 Å². The van der Waals surface area contributed by atoms with Gasteiger partial charge in [0.2, 0.25) is 10.0 Å². The minimum absolute atomic E-state index is 0.117. The first-order valence-corrected chi connectivity index (χ1v) is 9.25. The van der Waals surface area contributed by atoms with Gasteiger partial charge in [0.25, 0.3) is 0 Å². The second-order valence-electron chi connectivity index (χ2n) is 5.37. The third kappa shape index (κ3) is 4.77. The lowest BCUT2D eigenvalue weighted by Crippen LogP contribution is -2.36. The monoisotopic (exact) mass is 316 g/mol. The number of benzene rings is 1. The van der Waals surface area contributed by atoms with E-state index in [9.17, 15) is 8.42 Å². The van der Waals surface area contributed by atoms with E-state index in [1.165, 1.54) is 0 Å². The van der Waals surface area contributed by atoms with Crippen molar-refractivity contribution >= 4 is 21.8 Å². The van der Waals surface area contributed by atoms with Crippen LogP contribution in [0.15, 0.2) is 29.2 Å². The quantitative estimate of drug-likeness (QED) is 0.811. The molecule has 0 saturated heterocycles. The van der Waals surface area contributed by atoms with Crippen LogP contribution in [0.2, 0.25) is 0 Å². The molecule has 1 aromatic rings. The summed E-state index contributed by atoms with van der Waals surface area (Å²) in [4.78, 5) is 0.307. The van der Waals surface area contributed by atoms with Crippen molar-refractivity contribution < 1.29 is 8.42 Å². The maximum absolute atomic E-state index is 12.2. The Labute approximate surface area is 126 Å². The molecule has 0 aliphatic carbocycles. The van der Waals surface area contributed by atoms with Gasteiger partial charge in [0, 0.05) is 17.3 Å².